The second-order valence-corrected chi connectivity index (χ2v) is 8.57. The summed E-state index contributed by atoms with van der Waals surface area (Å²) in [5, 5.41) is 6.08. The fourth-order valence-electron chi connectivity index (χ4n) is 3.99. The van der Waals surface area contributed by atoms with Crippen LogP contribution in [0.2, 0.25) is 0 Å². The van der Waals surface area contributed by atoms with Crippen LogP contribution >= 0.6 is 0 Å². The minimum atomic E-state index is 0.0703. The molecule has 3 heterocycles. The lowest BCUT2D eigenvalue weighted by Gasteiger charge is -2.34. The SMILES string of the molecule is CNC(=O)CN1CCN(Cc2cccc(Nc3cc(Oc4ccc(C)nc4C)ccn3)c2)CC1. The maximum atomic E-state index is 11.6. The summed E-state index contributed by atoms with van der Waals surface area (Å²) in [6.07, 6.45) is 1.73. The van der Waals surface area contributed by atoms with Gasteiger partial charge in [-0.3, -0.25) is 19.6 Å². The molecular weight excluding hydrogens is 428 g/mol. The number of amides is 1. The van der Waals surface area contributed by atoms with Gasteiger partial charge in [-0.15, -0.1) is 0 Å². The third kappa shape index (κ3) is 6.52. The van der Waals surface area contributed by atoms with Gasteiger partial charge in [0.15, 0.2) is 0 Å². The number of hydrogen-bond donors (Lipinski definition) is 2. The first kappa shape index (κ1) is 23.7. The van der Waals surface area contributed by atoms with Crippen molar-refractivity contribution in [2.75, 3.05) is 45.1 Å². The minimum absolute atomic E-state index is 0.0703. The first-order valence-electron chi connectivity index (χ1n) is 11.6. The molecular formula is C26H32N6O2. The van der Waals surface area contributed by atoms with Crippen LogP contribution in [-0.2, 0) is 11.3 Å². The van der Waals surface area contributed by atoms with Crippen molar-refractivity contribution >= 4 is 17.4 Å². The second-order valence-electron chi connectivity index (χ2n) is 8.57. The molecule has 1 aromatic carbocycles. The predicted molar refractivity (Wildman–Crippen MR) is 134 cm³/mol. The molecule has 1 amide bonds. The van der Waals surface area contributed by atoms with Crippen molar-refractivity contribution in [3.63, 3.8) is 0 Å². The largest absolute Gasteiger partial charge is 0.455 e. The number of anilines is 2. The number of ether oxygens (including phenoxy) is 1. The Hall–Kier alpha value is -3.49. The molecule has 1 saturated heterocycles. The second kappa shape index (κ2) is 11.1. The summed E-state index contributed by atoms with van der Waals surface area (Å²) in [6.45, 7) is 8.95. The number of carbonyl (C=O) groups is 1. The third-order valence-electron chi connectivity index (χ3n) is 5.85. The Morgan fingerprint density at radius 2 is 1.82 bits per heavy atom. The van der Waals surface area contributed by atoms with E-state index < -0.39 is 0 Å². The molecule has 8 nitrogen and oxygen atoms in total. The molecule has 0 saturated carbocycles. The van der Waals surface area contributed by atoms with Gasteiger partial charge in [-0.05, 0) is 49.7 Å². The Balaban J connectivity index is 1.35. The van der Waals surface area contributed by atoms with Crippen LogP contribution in [0.15, 0.2) is 54.7 Å². The van der Waals surface area contributed by atoms with E-state index in [2.05, 4.69) is 48.6 Å². The molecule has 34 heavy (non-hydrogen) atoms. The van der Waals surface area contributed by atoms with Crippen LogP contribution in [0.4, 0.5) is 11.5 Å². The van der Waals surface area contributed by atoms with E-state index in [4.69, 9.17) is 4.74 Å². The van der Waals surface area contributed by atoms with E-state index in [1.807, 2.05) is 44.2 Å². The summed E-state index contributed by atoms with van der Waals surface area (Å²) in [6, 6.07) is 16.0. The molecule has 0 atom stereocenters. The van der Waals surface area contributed by atoms with Crippen molar-refractivity contribution in [2.24, 2.45) is 0 Å². The monoisotopic (exact) mass is 460 g/mol. The Labute approximate surface area is 201 Å². The standard InChI is InChI=1S/C26H32N6O2/c1-19-7-8-24(20(2)29-19)34-23-9-10-28-25(16-23)30-22-6-4-5-21(15-22)17-31-11-13-32(14-12-31)18-26(33)27-3/h4-10,15-16H,11-14,17-18H2,1-3H3,(H,27,33)(H,28,30). The Morgan fingerprint density at radius 3 is 2.59 bits per heavy atom. The van der Waals surface area contributed by atoms with Crippen molar-refractivity contribution < 1.29 is 9.53 Å². The highest BCUT2D eigenvalue weighted by molar-refractivity contribution is 5.77. The van der Waals surface area contributed by atoms with E-state index in [1.54, 1.807) is 13.2 Å². The van der Waals surface area contributed by atoms with E-state index in [9.17, 15) is 4.79 Å². The predicted octanol–water partition coefficient (Wildman–Crippen LogP) is 3.49. The summed E-state index contributed by atoms with van der Waals surface area (Å²) < 4.78 is 6.03. The lowest BCUT2D eigenvalue weighted by Crippen LogP contribution is -2.48. The normalized spacial score (nSPS) is 14.6. The van der Waals surface area contributed by atoms with Gasteiger partial charge in [0.05, 0.1) is 12.2 Å². The average molecular weight is 461 g/mol. The van der Waals surface area contributed by atoms with Crippen molar-refractivity contribution in [3.05, 3.63) is 71.7 Å². The first-order valence-corrected chi connectivity index (χ1v) is 11.6. The van der Waals surface area contributed by atoms with Crippen LogP contribution in [0, 0.1) is 13.8 Å². The van der Waals surface area contributed by atoms with Gasteiger partial charge in [0.1, 0.15) is 17.3 Å². The first-order chi connectivity index (χ1) is 16.5. The van der Waals surface area contributed by atoms with Crippen LogP contribution < -0.4 is 15.4 Å². The lowest BCUT2D eigenvalue weighted by molar-refractivity contribution is -0.122. The number of benzene rings is 1. The Bertz CT molecular complexity index is 1130. The Morgan fingerprint density at radius 1 is 1.03 bits per heavy atom. The number of aromatic nitrogens is 2. The molecule has 0 spiro atoms. The van der Waals surface area contributed by atoms with E-state index >= 15 is 0 Å². The van der Waals surface area contributed by atoms with Crippen LogP contribution in [0.25, 0.3) is 0 Å². The molecule has 1 aliphatic heterocycles. The van der Waals surface area contributed by atoms with Gasteiger partial charge >= 0.3 is 0 Å². The number of rotatable bonds is 8. The molecule has 0 unspecified atom stereocenters. The van der Waals surface area contributed by atoms with E-state index in [0.717, 1.165) is 61.4 Å². The summed E-state index contributed by atoms with van der Waals surface area (Å²) in [5.41, 5.74) is 4.04. The minimum Gasteiger partial charge on any atom is -0.455 e. The van der Waals surface area contributed by atoms with Gasteiger partial charge in [0.25, 0.3) is 0 Å². The zero-order chi connectivity index (χ0) is 23.9. The number of nitrogens with one attached hydrogen (secondary N) is 2. The van der Waals surface area contributed by atoms with Crippen molar-refractivity contribution in [1.29, 1.82) is 0 Å². The summed E-state index contributed by atoms with van der Waals surface area (Å²) in [5.74, 6) is 2.23. The number of aryl methyl sites for hydroxylation is 2. The molecule has 2 aromatic heterocycles. The number of likely N-dealkylation sites (N-methyl/N-ethyl adjacent to an activating group) is 1. The van der Waals surface area contributed by atoms with Gasteiger partial charge in [-0.25, -0.2) is 4.98 Å². The summed E-state index contributed by atoms with van der Waals surface area (Å²) >= 11 is 0. The average Bonchev–Trinajstić information content (AvgIpc) is 2.83. The molecule has 3 aromatic rings. The fraction of sp³-hybridized carbons (Fsp3) is 0.346. The van der Waals surface area contributed by atoms with E-state index in [0.29, 0.717) is 12.3 Å². The molecule has 4 rings (SSSR count). The fourth-order valence-corrected chi connectivity index (χ4v) is 3.99. The van der Waals surface area contributed by atoms with Gasteiger partial charge in [-0.2, -0.15) is 0 Å². The molecule has 2 N–H and O–H groups in total. The van der Waals surface area contributed by atoms with Gasteiger partial charge in [0, 0.05) is 63.4 Å². The molecule has 0 radical (unpaired) electrons. The molecule has 8 heteroatoms. The number of carbonyl (C=O) groups excluding carboxylic acids is 1. The molecule has 0 bridgehead atoms. The number of piperazine rings is 1. The smallest absolute Gasteiger partial charge is 0.233 e. The molecule has 1 fully saturated rings. The van der Waals surface area contributed by atoms with Crippen molar-refractivity contribution in [3.8, 4) is 11.5 Å². The van der Waals surface area contributed by atoms with Crippen LogP contribution in [0.3, 0.4) is 0 Å². The lowest BCUT2D eigenvalue weighted by atomic mass is 10.1. The Kier molecular flexibility index (Phi) is 7.72. The third-order valence-corrected chi connectivity index (χ3v) is 5.85. The molecule has 0 aliphatic carbocycles. The maximum Gasteiger partial charge on any atom is 0.233 e. The van der Waals surface area contributed by atoms with Crippen molar-refractivity contribution in [2.45, 2.75) is 20.4 Å². The molecule has 178 valence electrons. The highest BCUT2D eigenvalue weighted by Crippen LogP contribution is 2.26. The van der Waals surface area contributed by atoms with E-state index in [-0.39, 0.29) is 5.91 Å². The summed E-state index contributed by atoms with van der Waals surface area (Å²) in [7, 11) is 1.68. The van der Waals surface area contributed by atoms with Gasteiger partial charge in [0.2, 0.25) is 5.91 Å². The summed E-state index contributed by atoms with van der Waals surface area (Å²) in [4.78, 5) is 25.1. The number of nitrogens with zero attached hydrogens (tertiary/aromatic N) is 4. The van der Waals surface area contributed by atoms with Gasteiger partial charge < -0.3 is 15.4 Å². The number of pyridine rings is 2. The van der Waals surface area contributed by atoms with Crippen LogP contribution in [0.1, 0.15) is 17.0 Å². The van der Waals surface area contributed by atoms with Crippen molar-refractivity contribution in [1.82, 2.24) is 25.1 Å². The highest BCUT2D eigenvalue weighted by Gasteiger charge is 2.18. The maximum absolute atomic E-state index is 11.6. The van der Waals surface area contributed by atoms with Crippen LogP contribution in [0.5, 0.6) is 11.5 Å². The topological polar surface area (TPSA) is 82.6 Å². The zero-order valence-electron chi connectivity index (χ0n) is 20.0. The van der Waals surface area contributed by atoms with Gasteiger partial charge in [-0.1, -0.05) is 12.1 Å². The van der Waals surface area contributed by atoms with Crippen LogP contribution in [-0.4, -0.2) is 65.4 Å². The zero-order valence-corrected chi connectivity index (χ0v) is 20.0. The quantitative estimate of drug-likeness (QED) is 0.532. The molecule has 1 aliphatic rings. The van der Waals surface area contributed by atoms with E-state index in [1.165, 1.54) is 5.56 Å². The number of hydrogen-bond acceptors (Lipinski definition) is 7. The highest BCUT2D eigenvalue weighted by atomic mass is 16.5.